The van der Waals surface area contributed by atoms with Crippen LogP contribution in [-0.4, -0.2) is 54.3 Å². The maximum atomic E-state index is 12.0. The Labute approximate surface area is 142 Å². The van der Waals surface area contributed by atoms with Gasteiger partial charge in [0.05, 0.1) is 18.2 Å². The molecule has 1 fully saturated rings. The fourth-order valence-corrected chi connectivity index (χ4v) is 3.03. The van der Waals surface area contributed by atoms with E-state index in [-0.39, 0.29) is 11.7 Å². The van der Waals surface area contributed by atoms with Crippen molar-refractivity contribution in [2.75, 3.05) is 26.3 Å². The van der Waals surface area contributed by atoms with Crippen molar-refractivity contribution in [2.24, 2.45) is 0 Å². The number of ether oxygens (including phenoxy) is 1. The number of phenols is 1. The van der Waals surface area contributed by atoms with Crippen molar-refractivity contribution in [3.63, 3.8) is 0 Å². The van der Waals surface area contributed by atoms with Gasteiger partial charge in [-0.2, -0.15) is 0 Å². The van der Waals surface area contributed by atoms with E-state index < -0.39 is 0 Å². The first-order chi connectivity index (χ1) is 11.0. The number of nitrogens with zero attached hydrogens (tertiary/aromatic N) is 1. The maximum Gasteiger partial charge on any atom is 0.220 e. The van der Waals surface area contributed by atoms with Crippen molar-refractivity contribution in [2.45, 2.75) is 38.8 Å². The lowest BCUT2D eigenvalue weighted by Gasteiger charge is -2.37. The molecule has 1 saturated heterocycles. The Bertz CT molecular complexity index is 539. The Hall–Kier alpha value is -1.30. The molecule has 0 spiro atoms. The average molecular weight is 341 g/mol. The number of aryl methyl sites for hydroxylation is 1. The number of phenolic OH excluding ortho intramolecular Hbond substituents is 1. The van der Waals surface area contributed by atoms with Crippen molar-refractivity contribution in [1.82, 2.24) is 10.2 Å². The molecule has 2 N–H and O–H groups in total. The number of morpholine rings is 1. The minimum atomic E-state index is 0.0296. The summed E-state index contributed by atoms with van der Waals surface area (Å²) in [7, 11) is 0. The van der Waals surface area contributed by atoms with Gasteiger partial charge in [0.1, 0.15) is 5.75 Å². The molecule has 1 aromatic carbocycles. The predicted molar refractivity (Wildman–Crippen MR) is 90.9 cm³/mol. The van der Waals surface area contributed by atoms with E-state index in [1.54, 1.807) is 18.2 Å². The highest BCUT2D eigenvalue weighted by Crippen LogP contribution is 2.24. The van der Waals surface area contributed by atoms with E-state index in [1.165, 1.54) is 0 Å². The molecule has 6 heteroatoms. The van der Waals surface area contributed by atoms with Crippen molar-refractivity contribution < 1.29 is 14.6 Å². The standard InChI is InChI=1S/C17H25ClN2O3/c1-12(20-7-8-23-11-13(20)2)10-19-17(22)6-4-14-3-5-16(21)15(18)9-14/h3,5,9,12-13,21H,4,6-8,10-11H2,1-2H3,(H,19,22)/t12-,13-/m1/s1. The number of carbonyl (C=O) groups is 1. The zero-order chi connectivity index (χ0) is 16.8. The first kappa shape index (κ1) is 18.0. The summed E-state index contributed by atoms with van der Waals surface area (Å²) in [5, 5.41) is 12.7. The van der Waals surface area contributed by atoms with E-state index in [0.29, 0.717) is 36.5 Å². The number of carbonyl (C=O) groups excluding carboxylic acids is 1. The van der Waals surface area contributed by atoms with E-state index >= 15 is 0 Å². The fraction of sp³-hybridized carbons (Fsp3) is 0.588. The van der Waals surface area contributed by atoms with E-state index in [0.717, 1.165) is 25.3 Å². The smallest absolute Gasteiger partial charge is 0.220 e. The molecule has 128 valence electrons. The van der Waals surface area contributed by atoms with E-state index in [1.807, 2.05) is 0 Å². The van der Waals surface area contributed by atoms with Gasteiger partial charge in [0.25, 0.3) is 0 Å². The van der Waals surface area contributed by atoms with Crippen LogP contribution in [0.2, 0.25) is 5.02 Å². The van der Waals surface area contributed by atoms with Gasteiger partial charge in [-0.05, 0) is 38.0 Å². The van der Waals surface area contributed by atoms with Crippen LogP contribution in [0.3, 0.4) is 0 Å². The first-order valence-electron chi connectivity index (χ1n) is 8.05. The Balaban J connectivity index is 1.73. The number of amides is 1. The highest BCUT2D eigenvalue weighted by molar-refractivity contribution is 6.32. The summed E-state index contributed by atoms with van der Waals surface area (Å²) in [6.07, 6.45) is 1.01. The van der Waals surface area contributed by atoms with E-state index in [4.69, 9.17) is 16.3 Å². The molecule has 2 rings (SSSR count). The molecule has 1 aliphatic rings. The van der Waals surface area contributed by atoms with Crippen LogP contribution >= 0.6 is 11.6 Å². The zero-order valence-corrected chi connectivity index (χ0v) is 14.5. The lowest BCUT2D eigenvalue weighted by Crippen LogP contribution is -2.51. The van der Waals surface area contributed by atoms with Crippen LogP contribution in [0.4, 0.5) is 0 Å². The number of rotatable bonds is 6. The summed E-state index contributed by atoms with van der Waals surface area (Å²) in [4.78, 5) is 14.4. The minimum Gasteiger partial charge on any atom is -0.506 e. The van der Waals surface area contributed by atoms with Gasteiger partial charge in [0.15, 0.2) is 0 Å². The molecule has 0 bridgehead atoms. The molecule has 0 aliphatic carbocycles. The Kier molecular flexibility index (Phi) is 6.69. The molecular weight excluding hydrogens is 316 g/mol. The summed E-state index contributed by atoms with van der Waals surface area (Å²) >= 11 is 5.87. The fourth-order valence-electron chi connectivity index (χ4n) is 2.83. The van der Waals surface area contributed by atoms with Crippen LogP contribution < -0.4 is 5.32 Å². The normalized spacial score (nSPS) is 20.2. The second kappa shape index (κ2) is 8.52. The number of hydrogen-bond donors (Lipinski definition) is 2. The van der Waals surface area contributed by atoms with Gasteiger partial charge in [-0.15, -0.1) is 0 Å². The Morgan fingerprint density at radius 1 is 1.57 bits per heavy atom. The summed E-state index contributed by atoms with van der Waals surface area (Å²) in [6, 6.07) is 5.71. The van der Waals surface area contributed by atoms with Crippen LogP contribution in [0.5, 0.6) is 5.75 Å². The number of nitrogens with one attached hydrogen (secondary N) is 1. The molecule has 23 heavy (non-hydrogen) atoms. The van der Waals surface area contributed by atoms with Crippen LogP contribution in [-0.2, 0) is 16.0 Å². The molecule has 5 nitrogen and oxygen atoms in total. The van der Waals surface area contributed by atoms with Crippen molar-refractivity contribution in [3.8, 4) is 5.75 Å². The van der Waals surface area contributed by atoms with Gasteiger partial charge in [0, 0.05) is 31.6 Å². The second-order valence-corrected chi connectivity index (χ2v) is 6.51. The molecule has 0 saturated carbocycles. The summed E-state index contributed by atoms with van der Waals surface area (Å²) in [5.41, 5.74) is 0.942. The third-order valence-corrected chi connectivity index (χ3v) is 4.54. The largest absolute Gasteiger partial charge is 0.506 e. The molecule has 1 aliphatic heterocycles. The van der Waals surface area contributed by atoms with Crippen molar-refractivity contribution >= 4 is 17.5 Å². The number of halogens is 1. The quantitative estimate of drug-likeness (QED) is 0.833. The van der Waals surface area contributed by atoms with Gasteiger partial charge in [-0.3, -0.25) is 9.69 Å². The van der Waals surface area contributed by atoms with Crippen molar-refractivity contribution in [3.05, 3.63) is 28.8 Å². The van der Waals surface area contributed by atoms with Gasteiger partial charge in [-0.1, -0.05) is 17.7 Å². The third kappa shape index (κ3) is 5.37. The predicted octanol–water partition coefficient (Wildman–Crippen LogP) is 2.20. The van der Waals surface area contributed by atoms with Crippen LogP contribution in [0.25, 0.3) is 0 Å². The van der Waals surface area contributed by atoms with Gasteiger partial charge >= 0.3 is 0 Å². The minimum absolute atomic E-state index is 0.0296. The monoisotopic (exact) mass is 340 g/mol. The van der Waals surface area contributed by atoms with Gasteiger partial charge in [-0.25, -0.2) is 0 Å². The lowest BCUT2D eigenvalue weighted by atomic mass is 10.1. The SMILES string of the molecule is C[C@H](CNC(=O)CCc1ccc(O)c(Cl)c1)N1CCOC[C@H]1C. The maximum absolute atomic E-state index is 12.0. The molecular formula is C17H25ClN2O3. The molecule has 0 radical (unpaired) electrons. The zero-order valence-electron chi connectivity index (χ0n) is 13.7. The molecule has 1 amide bonds. The highest BCUT2D eigenvalue weighted by Gasteiger charge is 2.23. The molecule has 1 heterocycles. The number of benzene rings is 1. The van der Waals surface area contributed by atoms with Crippen molar-refractivity contribution in [1.29, 1.82) is 0 Å². The summed E-state index contributed by atoms with van der Waals surface area (Å²) < 4.78 is 5.44. The molecule has 1 aromatic rings. The average Bonchev–Trinajstić information content (AvgIpc) is 2.54. The van der Waals surface area contributed by atoms with E-state index in [2.05, 4.69) is 24.1 Å². The van der Waals surface area contributed by atoms with Gasteiger partial charge < -0.3 is 15.2 Å². The number of aromatic hydroxyl groups is 1. The number of hydrogen-bond acceptors (Lipinski definition) is 4. The highest BCUT2D eigenvalue weighted by atomic mass is 35.5. The van der Waals surface area contributed by atoms with Crippen LogP contribution in [0.1, 0.15) is 25.8 Å². The Morgan fingerprint density at radius 3 is 3.04 bits per heavy atom. The molecule has 0 unspecified atom stereocenters. The van der Waals surface area contributed by atoms with Crippen LogP contribution in [0.15, 0.2) is 18.2 Å². The molecule has 2 atom stereocenters. The van der Waals surface area contributed by atoms with Gasteiger partial charge in [0.2, 0.25) is 5.91 Å². The van der Waals surface area contributed by atoms with Crippen LogP contribution in [0, 0.1) is 0 Å². The summed E-state index contributed by atoms with van der Waals surface area (Å²) in [5.74, 6) is 0.0929. The summed E-state index contributed by atoms with van der Waals surface area (Å²) in [6.45, 7) is 7.32. The lowest BCUT2D eigenvalue weighted by molar-refractivity contribution is -0.121. The topological polar surface area (TPSA) is 61.8 Å². The molecule has 0 aromatic heterocycles. The third-order valence-electron chi connectivity index (χ3n) is 4.23. The second-order valence-electron chi connectivity index (χ2n) is 6.10. The van der Waals surface area contributed by atoms with E-state index in [9.17, 15) is 9.90 Å². The first-order valence-corrected chi connectivity index (χ1v) is 8.42. The Morgan fingerprint density at radius 2 is 2.35 bits per heavy atom.